The number of nitrogen functional groups attached to an aromatic ring is 1. The van der Waals surface area contributed by atoms with Gasteiger partial charge in [0.25, 0.3) is 0 Å². The molecular formula is C14H14F3N3. The topological polar surface area (TPSA) is 43.8 Å². The van der Waals surface area contributed by atoms with E-state index in [0.717, 1.165) is 43.5 Å². The minimum Gasteiger partial charge on any atom is -0.396 e. The van der Waals surface area contributed by atoms with E-state index < -0.39 is 17.5 Å². The maximum atomic E-state index is 13.2. The van der Waals surface area contributed by atoms with Crippen LogP contribution >= 0.6 is 0 Å². The molecule has 2 N–H and O–H groups in total. The van der Waals surface area contributed by atoms with Crippen molar-refractivity contribution in [2.75, 3.05) is 5.73 Å². The molecule has 3 nitrogen and oxygen atoms in total. The zero-order chi connectivity index (χ0) is 14.3. The average molecular weight is 281 g/mol. The summed E-state index contributed by atoms with van der Waals surface area (Å²) >= 11 is 0. The van der Waals surface area contributed by atoms with E-state index in [1.807, 2.05) is 0 Å². The third-order valence-electron chi connectivity index (χ3n) is 3.75. The van der Waals surface area contributed by atoms with Gasteiger partial charge in [0.05, 0.1) is 23.3 Å². The summed E-state index contributed by atoms with van der Waals surface area (Å²) in [6.45, 7) is 0. The predicted octanol–water partition coefficient (Wildman–Crippen LogP) is 3.53. The van der Waals surface area contributed by atoms with Crippen LogP contribution in [0.3, 0.4) is 0 Å². The molecule has 20 heavy (non-hydrogen) atoms. The van der Waals surface area contributed by atoms with E-state index in [-0.39, 0.29) is 5.69 Å². The second kappa shape index (κ2) is 4.85. The molecule has 1 aliphatic carbocycles. The smallest absolute Gasteiger partial charge is 0.194 e. The highest BCUT2D eigenvalue weighted by atomic mass is 19.2. The number of anilines is 1. The lowest BCUT2D eigenvalue weighted by atomic mass is 10.0. The normalized spacial score (nSPS) is 15.9. The zero-order valence-corrected chi connectivity index (χ0v) is 10.7. The molecule has 0 amide bonds. The fourth-order valence-electron chi connectivity index (χ4n) is 2.72. The van der Waals surface area contributed by atoms with Crippen molar-refractivity contribution >= 4 is 5.69 Å². The first kappa shape index (κ1) is 13.0. The maximum Gasteiger partial charge on any atom is 0.194 e. The molecule has 1 saturated carbocycles. The van der Waals surface area contributed by atoms with Crippen molar-refractivity contribution in [3.63, 3.8) is 0 Å². The first-order valence-electron chi connectivity index (χ1n) is 6.56. The Morgan fingerprint density at radius 3 is 2.30 bits per heavy atom. The minimum atomic E-state index is -1.48. The number of hydrogen-bond acceptors (Lipinski definition) is 2. The molecule has 1 aromatic carbocycles. The van der Waals surface area contributed by atoms with Crippen LogP contribution in [0, 0.1) is 17.5 Å². The molecule has 0 bridgehead atoms. The summed E-state index contributed by atoms with van der Waals surface area (Å²) in [5, 5.41) is 4.31. The molecule has 1 aliphatic rings. The molecule has 0 radical (unpaired) electrons. The number of rotatable bonds is 2. The number of benzene rings is 1. The second-order valence-electron chi connectivity index (χ2n) is 5.12. The fourth-order valence-corrected chi connectivity index (χ4v) is 2.72. The van der Waals surface area contributed by atoms with Gasteiger partial charge in [-0.15, -0.1) is 0 Å². The summed E-state index contributed by atoms with van der Waals surface area (Å²) in [6.07, 6.45) is 5.83. The summed E-state index contributed by atoms with van der Waals surface area (Å²) in [4.78, 5) is 0. The summed E-state index contributed by atoms with van der Waals surface area (Å²) in [5.41, 5.74) is 7.30. The molecule has 0 spiro atoms. The Bertz CT molecular complexity index is 622. The molecule has 6 heteroatoms. The first-order chi connectivity index (χ1) is 9.56. The Kier molecular flexibility index (Phi) is 3.16. The summed E-state index contributed by atoms with van der Waals surface area (Å²) < 4.78 is 40.7. The predicted molar refractivity (Wildman–Crippen MR) is 69.1 cm³/mol. The highest BCUT2D eigenvalue weighted by Gasteiger charge is 2.23. The van der Waals surface area contributed by atoms with E-state index in [1.165, 1.54) is 10.9 Å². The SMILES string of the molecule is Nc1cn(-c2cc(F)c(F)c(F)c2)nc1C1CCCC1. The van der Waals surface area contributed by atoms with Crippen molar-refractivity contribution in [1.82, 2.24) is 9.78 Å². The van der Waals surface area contributed by atoms with E-state index in [0.29, 0.717) is 11.6 Å². The van der Waals surface area contributed by atoms with Crippen LogP contribution in [0.25, 0.3) is 5.69 Å². The first-order valence-corrected chi connectivity index (χ1v) is 6.56. The Labute approximate surface area is 114 Å². The molecule has 106 valence electrons. The van der Waals surface area contributed by atoms with E-state index in [1.54, 1.807) is 0 Å². The van der Waals surface area contributed by atoms with Gasteiger partial charge in [0.15, 0.2) is 17.5 Å². The second-order valence-corrected chi connectivity index (χ2v) is 5.12. The summed E-state index contributed by atoms with van der Waals surface area (Å²) in [6, 6.07) is 1.81. The summed E-state index contributed by atoms with van der Waals surface area (Å²) in [5.74, 6) is -3.66. The van der Waals surface area contributed by atoms with Gasteiger partial charge in [-0.05, 0) is 12.8 Å². The van der Waals surface area contributed by atoms with Gasteiger partial charge < -0.3 is 5.73 Å². The van der Waals surface area contributed by atoms with Gasteiger partial charge in [-0.2, -0.15) is 5.10 Å². The highest BCUT2D eigenvalue weighted by Crippen LogP contribution is 2.36. The van der Waals surface area contributed by atoms with Crippen molar-refractivity contribution in [2.45, 2.75) is 31.6 Å². The maximum absolute atomic E-state index is 13.2. The zero-order valence-electron chi connectivity index (χ0n) is 10.7. The van der Waals surface area contributed by atoms with E-state index in [9.17, 15) is 13.2 Å². The molecular weight excluding hydrogens is 267 g/mol. The fraction of sp³-hybridized carbons (Fsp3) is 0.357. The Morgan fingerprint density at radius 2 is 1.70 bits per heavy atom. The number of nitrogens with two attached hydrogens (primary N) is 1. The lowest BCUT2D eigenvalue weighted by molar-refractivity contribution is 0.446. The molecule has 3 rings (SSSR count). The van der Waals surface area contributed by atoms with E-state index >= 15 is 0 Å². The quantitative estimate of drug-likeness (QED) is 0.856. The van der Waals surface area contributed by atoms with Gasteiger partial charge >= 0.3 is 0 Å². The Hall–Kier alpha value is -1.98. The largest absolute Gasteiger partial charge is 0.396 e. The van der Waals surface area contributed by atoms with Crippen LogP contribution in [0.2, 0.25) is 0 Å². The van der Waals surface area contributed by atoms with Crippen LogP contribution < -0.4 is 5.73 Å². The van der Waals surface area contributed by atoms with Gasteiger partial charge in [-0.25, -0.2) is 17.9 Å². The average Bonchev–Trinajstić information content (AvgIpc) is 3.04. The standard InChI is InChI=1S/C14H14F3N3/c15-10-5-9(6-11(16)13(10)17)20-7-12(18)14(19-20)8-3-1-2-4-8/h5-8H,1-4,18H2. The lowest BCUT2D eigenvalue weighted by Crippen LogP contribution is -2.02. The third kappa shape index (κ3) is 2.15. The number of aromatic nitrogens is 2. The van der Waals surface area contributed by atoms with Gasteiger partial charge in [-0.1, -0.05) is 12.8 Å². The van der Waals surface area contributed by atoms with Crippen molar-refractivity contribution in [2.24, 2.45) is 0 Å². The molecule has 0 saturated heterocycles. The molecule has 1 heterocycles. The van der Waals surface area contributed by atoms with E-state index in [4.69, 9.17) is 5.73 Å². The molecule has 0 unspecified atom stereocenters. The van der Waals surface area contributed by atoms with E-state index in [2.05, 4.69) is 5.10 Å². The molecule has 1 fully saturated rings. The van der Waals surface area contributed by atoms with Gasteiger partial charge in [0.2, 0.25) is 0 Å². The van der Waals surface area contributed by atoms with Crippen molar-refractivity contribution < 1.29 is 13.2 Å². The number of halogens is 3. The lowest BCUT2D eigenvalue weighted by Gasteiger charge is -2.06. The van der Waals surface area contributed by atoms with Crippen LogP contribution in [0.4, 0.5) is 18.9 Å². The van der Waals surface area contributed by atoms with Crippen LogP contribution in [0.5, 0.6) is 0 Å². The number of hydrogen-bond donors (Lipinski definition) is 1. The van der Waals surface area contributed by atoms with Crippen LogP contribution in [-0.4, -0.2) is 9.78 Å². The van der Waals surface area contributed by atoms with Crippen LogP contribution in [0.1, 0.15) is 37.3 Å². The van der Waals surface area contributed by atoms with Gasteiger partial charge in [0.1, 0.15) is 0 Å². The highest BCUT2D eigenvalue weighted by molar-refractivity contribution is 5.46. The van der Waals surface area contributed by atoms with Crippen molar-refractivity contribution in [3.8, 4) is 5.69 Å². The van der Waals surface area contributed by atoms with Crippen LogP contribution in [0.15, 0.2) is 18.3 Å². The molecule has 1 aromatic heterocycles. The molecule has 2 aromatic rings. The molecule has 0 atom stereocenters. The van der Waals surface area contributed by atoms with Gasteiger partial charge in [-0.3, -0.25) is 0 Å². The summed E-state index contributed by atoms with van der Waals surface area (Å²) in [7, 11) is 0. The Balaban J connectivity index is 2.00. The van der Waals surface area contributed by atoms with Crippen LogP contribution in [-0.2, 0) is 0 Å². The third-order valence-corrected chi connectivity index (χ3v) is 3.75. The minimum absolute atomic E-state index is 0.123. The Morgan fingerprint density at radius 1 is 1.10 bits per heavy atom. The monoisotopic (exact) mass is 281 g/mol. The number of nitrogens with zero attached hydrogens (tertiary/aromatic N) is 2. The van der Waals surface area contributed by atoms with Gasteiger partial charge in [0, 0.05) is 18.1 Å². The molecule has 0 aliphatic heterocycles. The van der Waals surface area contributed by atoms with Crippen molar-refractivity contribution in [1.29, 1.82) is 0 Å². The van der Waals surface area contributed by atoms with Crippen molar-refractivity contribution in [3.05, 3.63) is 41.5 Å².